The Morgan fingerprint density at radius 2 is 1.96 bits per heavy atom. The Kier molecular flexibility index (Phi) is 6.13. The van der Waals surface area contributed by atoms with E-state index in [9.17, 15) is 17.6 Å². The minimum absolute atomic E-state index is 0.0854. The Balaban J connectivity index is 1.98. The number of carbonyl (C=O) groups is 1. The molecule has 0 atom stereocenters. The molecule has 0 bridgehead atoms. The Morgan fingerprint density at radius 1 is 1.22 bits per heavy atom. The number of sulfone groups is 1. The lowest BCUT2D eigenvalue weighted by molar-refractivity contribution is -0.115. The van der Waals surface area contributed by atoms with Crippen molar-refractivity contribution in [3.05, 3.63) is 59.1 Å². The summed E-state index contributed by atoms with van der Waals surface area (Å²) in [5.74, 6) is -1.04. The van der Waals surface area contributed by atoms with Gasteiger partial charge in [-0.05, 0) is 36.6 Å². The molecule has 1 aromatic heterocycles. The van der Waals surface area contributed by atoms with E-state index in [2.05, 4.69) is 4.99 Å². The van der Waals surface area contributed by atoms with Gasteiger partial charge >= 0.3 is 0 Å². The van der Waals surface area contributed by atoms with Crippen molar-refractivity contribution in [1.29, 1.82) is 0 Å². The molecule has 27 heavy (non-hydrogen) atoms. The predicted octanol–water partition coefficient (Wildman–Crippen LogP) is 3.11. The average Bonchev–Trinajstić information content (AvgIpc) is 2.96. The lowest BCUT2D eigenvalue weighted by Crippen LogP contribution is -2.21. The van der Waals surface area contributed by atoms with Crippen LogP contribution in [0.5, 0.6) is 0 Å². The van der Waals surface area contributed by atoms with E-state index in [1.807, 2.05) is 10.8 Å². The number of aromatic nitrogens is 1. The highest BCUT2D eigenvalue weighted by atomic mass is 32.2. The number of amides is 1. The van der Waals surface area contributed by atoms with Gasteiger partial charge in [-0.15, -0.1) is 0 Å². The van der Waals surface area contributed by atoms with Crippen LogP contribution >= 0.6 is 23.1 Å². The highest BCUT2D eigenvalue weighted by molar-refractivity contribution is 7.98. The third-order valence-electron chi connectivity index (χ3n) is 3.80. The van der Waals surface area contributed by atoms with Crippen LogP contribution in [0.4, 0.5) is 4.39 Å². The van der Waals surface area contributed by atoms with Gasteiger partial charge < -0.3 is 4.57 Å². The monoisotopic (exact) mass is 424 g/mol. The molecule has 1 amide bonds. The zero-order valence-corrected chi connectivity index (χ0v) is 16.9. The number of nitrogens with zero attached hydrogens (tertiary/aromatic N) is 2. The number of thioether (sulfide) groups is 1. The first-order valence-corrected chi connectivity index (χ1v) is 11.9. The van der Waals surface area contributed by atoms with Crippen molar-refractivity contribution in [2.75, 3.05) is 17.8 Å². The molecule has 2 aromatic carbocycles. The first kappa shape index (κ1) is 19.8. The van der Waals surface area contributed by atoms with Crippen LogP contribution in [0.3, 0.4) is 0 Å². The summed E-state index contributed by atoms with van der Waals surface area (Å²) in [5.41, 5.74) is 0.771. The standard InChI is InChI=1S/C18H17FN2O3S3/c1-25-10-9-21-15-8-7-13(19)11-16(15)26-18(21)20-17(22)12-27(23,24)14-5-3-2-4-6-14/h2-8,11H,9-10,12H2,1H3. The van der Waals surface area contributed by atoms with Crippen molar-refractivity contribution in [3.63, 3.8) is 0 Å². The molecular formula is C18H17FN2O3S3. The lowest BCUT2D eigenvalue weighted by Gasteiger charge is -2.04. The van der Waals surface area contributed by atoms with E-state index in [1.165, 1.54) is 35.6 Å². The first-order valence-electron chi connectivity index (χ1n) is 8.04. The Labute approximate surface area is 164 Å². The average molecular weight is 425 g/mol. The fourth-order valence-electron chi connectivity index (χ4n) is 2.54. The van der Waals surface area contributed by atoms with Crippen LogP contribution in [-0.2, 0) is 21.2 Å². The summed E-state index contributed by atoms with van der Waals surface area (Å²) in [6.07, 6.45) is 1.96. The summed E-state index contributed by atoms with van der Waals surface area (Å²) < 4.78 is 40.7. The molecule has 5 nitrogen and oxygen atoms in total. The number of hydrogen-bond acceptors (Lipinski definition) is 5. The number of hydrogen-bond donors (Lipinski definition) is 0. The van der Waals surface area contributed by atoms with Gasteiger partial charge in [-0.2, -0.15) is 16.8 Å². The van der Waals surface area contributed by atoms with Crippen LogP contribution in [0.1, 0.15) is 0 Å². The van der Waals surface area contributed by atoms with E-state index in [1.54, 1.807) is 36.0 Å². The molecule has 1 heterocycles. The molecule has 3 rings (SSSR count). The van der Waals surface area contributed by atoms with Crippen LogP contribution in [-0.4, -0.2) is 36.7 Å². The summed E-state index contributed by atoms with van der Waals surface area (Å²) in [6.45, 7) is 0.588. The van der Waals surface area contributed by atoms with Crippen molar-refractivity contribution in [2.24, 2.45) is 4.99 Å². The summed E-state index contributed by atoms with van der Waals surface area (Å²) in [4.78, 5) is 16.8. The first-order chi connectivity index (χ1) is 12.9. The quantitative estimate of drug-likeness (QED) is 0.610. The van der Waals surface area contributed by atoms with Gasteiger partial charge in [-0.1, -0.05) is 29.5 Å². The Bertz CT molecular complexity index is 1140. The van der Waals surface area contributed by atoms with Gasteiger partial charge in [0.2, 0.25) is 0 Å². The summed E-state index contributed by atoms with van der Waals surface area (Å²) in [6, 6.07) is 12.2. The predicted molar refractivity (Wildman–Crippen MR) is 107 cm³/mol. The summed E-state index contributed by atoms with van der Waals surface area (Å²) in [7, 11) is -3.76. The topological polar surface area (TPSA) is 68.5 Å². The molecular weight excluding hydrogens is 407 g/mol. The highest BCUT2D eigenvalue weighted by Crippen LogP contribution is 2.19. The fourth-order valence-corrected chi connectivity index (χ4v) is 5.14. The maximum absolute atomic E-state index is 13.5. The van der Waals surface area contributed by atoms with E-state index in [0.29, 0.717) is 16.0 Å². The molecule has 0 spiro atoms. The third-order valence-corrected chi connectivity index (χ3v) is 7.05. The molecule has 9 heteroatoms. The van der Waals surface area contributed by atoms with E-state index >= 15 is 0 Å². The summed E-state index contributed by atoms with van der Waals surface area (Å²) in [5, 5.41) is 0. The zero-order chi connectivity index (χ0) is 19.4. The van der Waals surface area contributed by atoms with Gasteiger partial charge in [0.15, 0.2) is 14.6 Å². The van der Waals surface area contributed by atoms with Crippen molar-refractivity contribution in [1.82, 2.24) is 4.57 Å². The zero-order valence-electron chi connectivity index (χ0n) is 14.5. The van der Waals surface area contributed by atoms with E-state index < -0.39 is 21.5 Å². The van der Waals surface area contributed by atoms with Crippen LogP contribution < -0.4 is 4.80 Å². The number of thiazole rings is 1. The number of rotatable bonds is 6. The van der Waals surface area contributed by atoms with Crippen molar-refractivity contribution >= 4 is 49.1 Å². The van der Waals surface area contributed by atoms with Crippen LogP contribution in [0.15, 0.2) is 58.4 Å². The Morgan fingerprint density at radius 3 is 2.67 bits per heavy atom. The minimum Gasteiger partial charge on any atom is -0.316 e. The van der Waals surface area contributed by atoms with Crippen LogP contribution in [0.25, 0.3) is 10.2 Å². The van der Waals surface area contributed by atoms with E-state index in [-0.39, 0.29) is 10.7 Å². The molecule has 0 radical (unpaired) electrons. The second-order valence-corrected chi connectivity index (χ2v) is 9.70. The molecule has 0 aliphatic heterocycles. The molecule has 0 saturated carbocycles. The van der Waals surface area contributed by atoms with Crippen molar-refractivity contribution in [3.8, 4) is 0 Å². The maximum Gasteiger partial charge on any atom is 0.263 e. The molecule has 3 aromatic rings. The highest BCUT2D eigenvalue weighted by Gasteiger charge is 2.19. The van der Waals surface area contributed by atoms with Gasteiger partial charge in [0, 0.05) is 12.3 Å². The van der Waals surface area contributed by atoms with Gasteiger partial charge in [0.25, 0.3) is 5.91 Å². The SMILES string of the molecule is CSCCn1c(=NC(=O)CS(=O)(=O)c2ccccc2)sc2cc(F)ccc21. The molecule has 0 unspecified atom stereocenters. The van der Waals surface area contributed by atoms with Crippen LogP contribution in [0.2, 0.25) is 0 Å². The van der Waals surface area contributed by atoms with Gasteiger partial charge in [-0.25, -0.2) is 12.8 Å². The number of halogens is 1. The minimum atomic E-state index is -3.76. The molecule has 0 saturated heterocycles. The van der Waals surface area contributed by atoms with Crippen molar-refractivity contribution in [2.45, 2.75) is 11.4 Å². The smallest absolute Gasteiger partial charge is 0.263 e. The molecule has 0 aliphatic rings. The number of carbonyl (C=O) groups excluding carboxylic acids is 1. The molecule has 0 aliphatic carbocycles. The molecule has 0 fully saturated rings. The lowest BCUT2D eigenvalue weighted by atomic mass is 10.3. The summed E-state index contributed by atoms with van der Waals surface area (Å²) >= 11 is 2.80. The van der Waals surface area contributed by atoms with Gasteiger partial charge in [-0.3, -0.25) is 4.79 Å². The Hall–Kier alpha value is -1.97. The molecule has 0 N–H and O–H groups in total. The van der Waals surface area contributed by atoms with Gasteiger partial charge in [0.1, 0.15) is 11.6 Å². The number of benzene rings is 2. The molecule has 142 valence electrons. The van der Waals surface area contributed by atoms with E-state index in [4.69, 9.17) is 0 Å². The number of fused-ring (bicyclic) bond motifs is 1. The largest absolute Gasteiger partial charge is 0.316 e. The normalized spacial score (nSPS) is 12.6. The van der Waals surface area contributed by atoms with E-state index in [0.717, 1.165) is 11.3 Å². The maximum atomic E-state index is 13.5. The second kappa shape index (κ2) is 8.37. The third kappa shape index (κ3) is 4.66. The van der Waals surface area contributed by atoms with Gasteiger partial charge in [0.05, 0.1) is 15.1 Å². The fraction of sp³-hybridized carbons (Fsp3) is 0.222. The second-order valence-electron chi connectivity index (χ2n) is 5.72. The van der Waals surface area contributed by atoms with Crippen molar-refractivity contribution < 1.29 is 17.6 Å². The number of aryl methyl sites for hydroxylation is 1. The van der Waals surface area contributed by atoms with Crippen LogP contribution in [0, 0.1) is 5.82 Å².